The Kier molecular flexibility index (Phi) is 4.83. The molecule has 1 saturated carbocycles. The number of para-hydroxylation sites is 1. The molecule has 4 unspecified atom stereocenters. The molecule has 1 N–H and O–H groups in total. The first-order valence-corrected chi connectivity index (χ1v) is 10.3. The Morgan fingerprint density at radius 2 is 1.78 bits per heavy atom. The van der Waals surface area contributed by atoms with E-state index in [-0.39, 0.29) is 35.9 Å². The Bertz CT molecular complexity index is 1120. The number of halogens is 3. The molecule has 0 spiro atoms. The molecule has 5 rings (SSSR count). The number of nitrogens with one attached hydrogen (secondary N) is 1. The molecule has 2 aromatic heterocycles. The lowest BCUT2D eigenvalue weighted by Gasteiger charge is -2.38. The molecule has 32 heavy (non-hydrogen) atoms. The van der Waals surface area contributed by atoms with Crippen molar-refractivity contribution in [2.24, 2.45) is 5.92 Å². The van der Waals surface area contributed by atoms with E-state index in [1.54, 1.807) is 30.6 Å². The molecule has 4 atom stereocenters. The molecule has 1 aromatic carbocycles. The summed E-state index contributed by atoms with van der Waals surface area (Å²) in [5.41, 5.74) is 0.186. The van der Waals surface area contributed by atoms with Gasteiger partial charge in [-0.3, -0.25) is 4.79 Å². The van der Waals surface area contributed by atoms with E-state index in [1.807, 2.05) is 17.9 Å². The number of nitrogens with zero attached hydrogens (tertiary/aromatic N) is 6. The predicted molar refractivity (Wildman–Crippen MR) is 108 cm³/mol. The summed E-state index contributed by atoms with van der Waals surface area (Å²) in [6.07, 6.45) is 1.75. The van der Waals surface area contributed by atoms with Crippen LogP contribution in [0.15, 0.2) is 49.1 Å². The number of aromatic nitrogens is 5. The zero-order valence-corrected chi connectivity index (χ0v) is 17.1. The topological polar surface area (TPSA) is 88.8 Å². The van der Waals surface area contributed by atoms with Gasteiger partial charge in [0.2, 0.25) is 5.95 Å². The van der Waals surface area contributed by atoms with Crippen molar-refractivity contribution in [2.75, 3.05) is 5.32 Å². The first-order chi connectivity index (χ1) is 15.3. The highest BCUT2D eigenvalue weighted by Gasteiger charge is 2.51. The lowest BCUT2D eigenvalue weighted by Crippen LogP contribution is -2.51. The fourth-order valence-electron chi connectivity index (χ4n) is 4.80. The largest absolute Gasteiger partial charge is 0.419 e. The molecule has 8 nitrogen and oxygen atoms in total. The third-order valence-corrected chi connectivity index (χ3v) is 6.34. The number of alkyl halides is 3. The molecule has 1 aliphatic carbocycles. The molecule has 3 heterocycles. The van der Waals surface area contributed by atoms with Crippen LogP contribution in [0.3, 0.4) is 0 Å². The van der Waals surface area contributed by atoms with Gasteiger partial charge in [-0.15, -0.1) is 0 Å². The van der Waals surface area contributed by atoms with Gasteiger partial charge in [0.05, 0.1) is 35.2 Å². The van der Waals surface area contributed by atoms with E-state index in [0.717, 1.165) is 25.2 Å². The quantitative estimate of drug-likeness (QED) is 0.666. The number of carbonyl (C=O) groups is 1. The van der Waals surface area contributed by atoms with Crippen LogP contribution in [0, 0.1) is 5.92 Å². The van der Waals surface area contributed by atoms with E-state index in [4.69, 9.17) is 0 Å². The summed E-state index contributed by atoms with van der Waals surface area (Å²) in [7, 11) is 0. The van der Waals surface area contributed by atoms with Crippen molar-refractivity contribution in [3.8, 4) is 5.69 Å². The summed E-state index contributed by atoms with van der Waals surface area (Å²) in [5, 5.41) is 11.4. The van der Waals surface area contributed by atoms with E-state index in [0.29, 0.717) is 11.3 Å². The van der Waals surface area contributed by atoms with E-state index in [2.05, 4.69) is 25.5 Å². The second kappa shape index (κ2) is 7.57. The Balaban J connectivity index is 1.38. The van der Waals surface area contributed by atoms with Gasteiger partial charge in [0, 0.05) is 24.5 Å². The standard InChI is InChI=1S/C21H20F3N7O/c1-12-13-8-16(29-20-25-10-14(11-26-20)21(22,23)24)18(9-13)30(12)19(32)15-4-2-3-5-17(15)31-27-6-7-28-31/h2-7,10-13,16,18H,8-9H2,1H3,(H,25,26,29). The predicted octanol–water partition coefficient (Wildman–Crippen LogP) is 3.18. The summed E-state index contributed by atoms with van der Waals surface area (Å²) in [6, 6.07) is 6.93. The maximum atomic E-state index is 13.6. The van der Waals surface area contributed by atoms with E-state index in [9.17, 15) is 18.0 Å². The highest BCUT2D eigenvalue weighted by Crippen LogP contribution is 2.44. The SMILES string of the molecule is CC1C2CC(Nc3ncc(C(F)(F)F)cn3)C(C2)N1C(=O)c1ccccc1-n1nccn1. The minimum Gasteiger partial charge on any atom is -0.349 e. The lowest BCUT2D eigenvalue weighted by molar-refractivity contribution is -0.138. The third-order valence-electron chi connectivity index (χ3n) is 6.34. The van der Waals surface area contributed by atoms with Crippen molar-refractivity contribution in [1.82, 2.24) is 29.9 Å². The summed E-state index contributed by atoms with van der Waals surface area (Å²) in [4.78, 5) is 24.5. The molecule has 1 aliphatic heterocycles. The van der Waals surface area contributed by atoms with Crippen LogP contribution in [0.1, 0.15) is 35.7 Å². The van der Waals surface area contributed by atoms with Crippen LogP contribution in [-0.2, 0) is 6.18 Å². The second-order valence-corrected chi connectivity index (χ2v) is 8.13. The van der Waals surface area contributed by atoms with E-state index in [1.165, 1.54) is 4.80 Å². The number of amides is 1. The molecule has 1 amide bonds. The molecule has 3 aromatic rings. The monoisotopic (exact) mass is 443 g/mol. The summed E-state index contributed by atoms with van der Waals surface area (Å²) in [6.45, 7) is 2.03. The number of piperidine rings is 1. The Morgan fingerprint density at radius 1 is 1.09 bits per heavy atom. The maximum absolute atomic E-state index is 13.6. The van der Waals surface area contributed by atoms with Gasteiger partial charge in [0.1, 0.15) is 0 Å². The third kappa shape index (κ3) is 3.47. The van der Waals surface area contributed by atoms with Crippen LogP contribution >= 0.6 is 0 Å². The second-order valence-electron chi connectivity index (χ2n) is 8.13. The highest BCUT2D eigenvalue weighted by molar-refractivity contribution is 5.98. The summed E-state index contributed by atoms with van der Waals surface area (Å²) in [5.74, 6) is 0.278. The molecule has 2 fully saturated rings. The van der Waals surface area contributed by atoms with Crippen molar-refractivity contribution in [2.45, 2.75) is 44.1 Å². The normalized spacial score (nSPS) is 24.7. The van der Waals surface area contributed by atoms with Crippen LogP contribution in [0.5, 0.6) is 0 Å². The minimum absolute atomic E-state index is 0.0395. The molecule has 2 bridgehead atoms. The average molecular weight is 443 g/mol. The van der Waals surface area contributed by atoms with Gasteiger partial charge >= 0.3 is 6.18 Å². The van der Waals surface area contributed by atoms with Gasteiger partial charge in [-0.1, -0.05) is 12.1 Å². The number of hydrogen-bond donors (Lipinski definition) is 1. The lowest BCUT2D eigenvalue weighted by atomic mass is 9.97. The Hall–Kier alpha value is -3.50. The van der Waals surface area contributed by atoms with Crippen molar-refractivity contribution in [3.63, 3.8) is 0 Å². The summed E-state index contributed by atoms with van der Waals surface area (Å²) < 4.78 is 38.3. The number of anilines is 1. The molecular weight excluding hydrogens is 423 g/mol. The highest BCUT2D eigenvalue weighted by atomic mass is 19.4. The molecule has 11 heteroatoms. The van der Waals surface area contributed by atoms with Crippen molar-refractivity contribution < 1.29 is 18.0 Å². The zero-order valence-electron chi connectivity index (χ0n) is 17.1. The number of hydrogen-bond acceptors (Lipinski definition) is 6. The minimum atomic E-state index is -4.49. The maximum Gasteiger partial charge on any atom is 0.419 e. The van der Waals surface area contributed by atoms with Gasteiger partial charge in [-0.05, 0) is 37.8 Å². The van der Waals surface area contributed by atoms with Crippen molar-refractivity contribution in [3.05, 3.63) is 60.2 Å². The van der Waals surface area contributed by atoms with Gasteiger partial charge in [-0.2, -0.15) is 28.2 Å². The van der Waals surface area contributed by atoms with Crippen molar-refractivity contribution in [1.29, 1.82) is 0 Å². The van der Waals surface area contributed by atoms with Crippen LogP contribution < -0.4 is 5.32 Å². The molecule has 2 aliphatic rings. The first kappa shape index (κ1) is 20.4. The molecule has 0 radical (unpaired) electrons. The fourth-order valence-corrected chi connectivity index (χ4v) is 4.80. The van der Waals surface area contributed by atoms with E-state index >= 15 is 0 Å². The van der Waals surface area contributed by atoms with Gasteiger partial charge in [0.15, 0.2) is 0 Å². The van der Waals surface area contributed by atoms with Crippen LogP contribution in [-0.4, -0.2) is 53.9 Å². The number of likely N-dealkylation sites (tertiary alicyclic amines) is 1. The zero-order chi connectivity index (χ0) is 22.5. The van der Waals surface area contributed by atoms with Crippen LogP contribution in [0.25, 0.3) is 5.69 Å². The number of rotatable bonds is 4. The van der Waals surface area contributed by atoms with Crippen LogP contribution in [0.4, 0.5) is 19.1 Å². The number of benzene rings is 1. The Labute approximate surface area is 181 Å². The van der Waals surface area contributed by atoms with Gasteiger partial charge < -0.3 is 10.2 Å². The summed E-state index contributed by atoms with van der Waals surface area (Å²) >= 11 is 0. The van der Waals surface area contributed by atoms with E-state index < -0.39 is 11.7 Å². The first-order valence-electron chi connectivity index (χ1n) is 10.3. The number of fused-ring (bicyclic) bond motifs is 2. The van der Waals surface area contributed by atoms with Gasteiger partial charge in [0.25, 0.3) is 5.91 Å². The number of carbonyl (C=O) groups excluding carboxylic acids is 1. The fraction of sp³-hybridized carbons (Fsp3) is 0.381. The molecular formula is C21H20F3N7O. The smallest absolute Gasteiger partial charge is 0.349 e. The van der Waals surface area contributed by atoms with Gasteiger partial charge in [-0.25, -0.2) is 9.97 Å². The average Bonchev–Trinajstić information content (AvgIpc) is 3.50. The molecule has 1 saturated heterocycles. The Morgan fingerprint density at radius 3 is 2.44 bits per heavy atom. The molecule has 166 valence electrons. The van der Waals surface area contributed by atoms with Crippen LogP contribution in [0.2, 0.25) is 0 Å². The van der Waals surface area contributed by atoms with Crippen molar-refractivity contribution >= 4 is 11.9 Å².